The molecular formula is C15H20BrClN2. The van der Waals surface area contributed by atoms with Crippen molar-refractivity contribution in [1.82, 2.24) is 9.55 Å². The molecule has 0 bridgehead atoms. The van der Waals surface area contributed by atoms with E-state index in [2.05, 4.69) is 53.4 Å². The van der Waals surface area contributed by atoms with Gasteiger partial charge in [-0.15, -0.1) is 11.6 Å². The van der Waals surface area contributed by atoms with Crippen molar-refractivity contribution in [3.63, 3.8) is 0 Å². The average molecular weight is 344 g/mol. The molecule has 0 saturated heterocycles. The summed E-state index contributed by atoms with van der Waals surface area (Å²) in [6.07, 6.45) is 1.12. The van der Waals surface area contributed by atoms with Crippen molar-refractivity contribution in [1.29, 1.82) is 0 Å². The van der Waals surface area contributed by atoms with E-state index in [0.717, 1.165) is 34.3 Å². The Balaban J connectivity index is 2.59. The van der Waals surface area contributed by atoms with Crippen molar-refractivity contribution in [2.45, 2.75) is 46.0 Å². The highest BCUT2D eigenvalue weighted by Crippen LogP contribution is 2.31. The molecule has 0 spiro atoms. The van der Waals surface area contributed by atoms with E-state index < -0.39 is 0 Å². The number of benzene rings is 1. The van der Waals surface area contributed by atoms with Gasteiger partial charge in [-0.2, -0.15) is 0 Å². The number of rotatable bonds is 4. The minimum absolute atomic E-state index is 0.0844. The Morgan fingerprint density at radius 1 is 1.42 bits per heavy atom. The van der Waals surface area contributed by atoms with Crippen molar-refractivity contribution in [3.8, 4) is 0 Å². The van der Waals surface area contributed by atoms with Gasteiger partial charge in [0, 0.05) is 11.0 Å². The fourth-order valence-corrected chi connectivity index (χ4v) is 2.65. The minimum atomic E-state index is -0.0844. The van der Waals surface area contributed by atoms with Gasteiger partial charge in [-0.05, 0) is 37.0 Å². The minimum Gasteiger partial charge on any atom is -0.326 e. The van der Waals surface area contributed by atoms with E-state index in [1.807, 2.05) is 13.0 Å². The predicted molar refractivity (Wildman–Crippen MR) is 85.8 cm³/mol. The van der Waals surface area contributed by atoms with E-state index >= 15 is 0 Å². The van der Waals surface area contributed by atoms with E-state index in [4.69, 9.17) is 16.6 Å². The molecule has 0 N–H and O–H groups in total. The second-order valence-corrected chi connectivity index (χ2v) is 7.39. The van der Waals surface area contributed by atoms with Gasteiger partial charge in [-0.1, -0.05) is 36.7 Å². The van der Waals surface area contributed by atoms with Gasteiger partial charge in [0.2, 0.25) is 0 Å². The molecule has 1 aromatic heterocycles. The average Bonchev–Trinajstić information content (AvgIpc) is 2.67. The summed E-state index contributed by atoms with van der Waals surface area (Å²) < 4.78 is 3.32. The van der Waals surface area contributed by atoms with Crippen LogP contribution in [0, 0.1) is 5.41 Å². The van der Waals surface area contributed by atoms with Crippen LogP contribution < -0.4 is 0 Å². The number of nitrogens with zero attached hydrogens (tertiary/aromatic N) is 2. The first-order valence-electron chi connectivity index (χ1n) is 6.64. The number of aromatic nitrogens is 2. The van der Waals surface area contributed by atoms with Gasteiger partial charge in [0.15, 0.2) is 0 Å². The number of halogens is 2. The normalized spacial score (nSPS) is 14.0. The molecule has 0 aliphatic rings. The standard InChI is InChI=1S/C15H20BrClN2/c1-5-15(3,4)9-19-13-7-6-11(16)8-12(13)18-14(19)10(2)17/h6-8,10H,5,9H2,1-4H3. The molecule has 1 unspecified atom stereocenters. The number of hydrogen-bond donors (Lipinski definition) is 0. The molecule has 0 radical (unpaired) electrons. The molecule has 104 valence electrons. The summed E-state index contributed by atoms with van der Waals surface area (Å²) in [6.45, 7) is 9.70. The lowest BCUT2D eigenvalue weighted by molar-refractivity contribution is 0.294. The Bertz CT molecular complexity index is 587. The van der Waals surface area contributed by atoms with Gasteiger partial charge in [-0.25, -0.2) is 4.98 Å². The summed E-state index contributed by atoms with van der Waals surface area (Å²) in [7, 11) is 0. The van der Waals surface area contributed by atoms with Crippen molar-refractivity contribution in [3.05, 3.63) is 28.5 Å². The van der Waals surface area contributed by atoms with Crippen LogP contribution in [-0.2, 0) is 6.54 Å². The Labute approximate surface area is 128 Å². The number of alkyl halides is 1. The topological polar surface area (TPSA) is 17.8 Å². The fourth-order valence-electron chi connectivity index (χ4n) is 2.13. The van der Waals surface area contributed by atoms with Crippen molar-refractivity contribution in [2.24, 2.45) is 5.41 Å². The van der Waals surface area contributed by atoms with Crippen LogP contribution in [0.2, 0.25) is 0 Å². The van der Waals surface area contributed by atoms with Gasteiger partial charge in [0.1, 0.15) is 5.82 Å². The maximum Gasteiger partial charge on any atom is 0.127 e. The Morgan fingerprint density at radius 2 is 2.11 bits per heavy atom. The summed E-state index contributed by atoms with van der Waals surface area (Å²) in [5, 5.41) is -0.0844. The molecule has 1 heterocycles. The molecule has 0 saturated carbocycles. The van der Waals surface area contributed by atoms with E-state index in [-0.39, 0.29) is 10.8 Å². The van der Waals surface area contributed by atoms with E-state index in [0.29, 0.717) is 0 Å². The lowest BCUT2D eigenvalue weighted by Crippen LogP contribution is -2.20. The van der Waals surface area contributed by atoms with Crippen LogP contribution in [0.5, 0.6) is 0 Å². The molecule has 2 rings (SSSR count). The molecule has 19 heavy (non-hydrogen) atoms. The first-order chi connectivity index (χ1) is 8.84. The van der Waals surface area contributed by atoms with Crippen LogP contribution in [0.4, 0.5) is 0 Å². The van der Waals surface area contributed by atoms with Crippen LogP contribution in [0.15, 0.2) is 22.7 Å². The highest BCUT2D eigenvalue weighted by Gasteiger charge is 2.22. The SMILES string of the molecule is CCC(C)(C)Cn1c(C(C)Cl)nc2cc(Br)ccc21. The quantitative estimate of drug-likeness (QED) is 0.667. The number of fused-ring (bicyclic) bond motifs is 1. The van der Waals surface area contributed by atoms with E-state index in [9.17, 15) is 0 Å². The lowest BCUT2D eigenvalue weighted by Gasteiger charge is -2.25. The van der Waals surface area contributed by atoms with Crippen LogP contribution in [0.1, 0.15) is 45.3 Å². The molecule has 1 atom stereocenters. The lowest BCUT2D eigenvalue weighted by atomic mass is 9.90. The van der Waals surface area contributed by atoms with Crippen LogP contribution in [0.3, 0.4) is 0 Å². The van der Waals surface area contributed by atoms with Crippen LogP contribution in [0.25, 0.3) is 11.0 Å². The maximum atomic E-state index is 6.30. The first kappa shape index (κ1) is 14.9. The third kappa shape index (κ3) is 3.14. The van der Waals surface area contributed by atoms with E-state index in [1.54, 1.807) is 0 Å². The van der Waals surface area contributed by atoms with Gasteiger partial charge in [-0.3, -0.25) is 0 Å². The maximum absolute atomic E-state index is 6.30. The summed E-state index contributed by atoms with van der Waals surface area (Å²) in [5.41, 5.74) is 2.40. The third-order valence-electron chi connectivity index (χ3n) is 3.64. The zero-order valence-corrected chi connectivity index (χ0v) is 14.2. The van der Waals surface area contributed by atoms with Gasteiger partial charge in [0.05, 0.1) is 16.4 Å². The van der Waals surface area contributed by atoms with Crippen molar-refractivity contribution in [2.75, 3.05) is 0 Å². The Kier molecular flexibility index (Phi) is 4.26. The Hall–Kier alpha value is -0.540. The summed E-state index contributed by atoms with van der Waals surface area (Å²) >= 11 is 9.79. The Morgan fingerprint density at radius 3 is 2.68 bits per heavy atom. The highest BCUT2D eigenvalue weighted by atomic mass is 79.9. The van der Waals surface area contributed by atoms with Crippen molar-refractivity contribution >= 4 is 38.6 Å². The zero-order valence-electron chi connectivity index (χ0n) is 11.9. The fraction of sp³-hybridized carbons (Fsp3) is 0.533. The van der Waals surface area contributed by atoms with Crippen LogP contribution >= 0.6 is 27.5 Å². The zero-order chi connectivity index (χ0) is 14.2. The smallest absolute Gasteiger partial charge is 0.127 e. The summed E-state index contributed by atoms with van der Waals surface area (Å²) in [6, 6.07) is 6.22. The molecule has 0 amide bonds. The molecule has 0 fully saturated rings. The van der Waals surface area contributed by atoms with Crippen LogP contribution in [-0.4, -0.2) is 9.55 Å². The molecule has 2 nitrogen and oxygen atoms in total. The molecular weight excluding hydrogens is 324 g/mol. The van der Waals surface area contributed by atoms with Gasteiger partial charge < -0.3 is 4.57 Å². The number of hydrogen-bond acceptors (Lipinski definition) is 1. The van der Waals surface area contributed by atoms with E-state index in [1.165, 1.54) is 0 Å². The molecule has 4 heteroatoms. The second kappa shape index (κ2) is 5.45. The van der Waals surface area contributed by atoms with Gasteiger partial charge >= 0.3 is 0 Å². The van der Waals surface area contributed by atoms with Crippen molar-refractivity contribution < 1.29 is 0 Å². The molecule has 0 aliphatic carbocycles. The van der Waals surface area contributed by atoms with Gasteiger partial charge in [0.25, 0.3) is 0 Å². The molecule has 2 aromatic rings. The molecule has 0 aliphatic heterocycles. The monoisotopic (exact) mass is 342 g/mol. The molecule has 1 aromatic carbocycles. The number of imidazole rings is 1. The highest BCUT2D eigenvalue weighted by molar-refractivity contribution is 9.10. The third-order valence-corrected chi connectivity index (χ3v) is 4.33. The summed E-state index contributed by atoms with van der Waals surface area (Å²) in [4.78, 5) is 4.69. The summed E-state index contributed by atoms with van der Waals surface area (Å²) in [5.74, 6) is 0.955. The second-order valence-electron chi connectivity index (χ2n) is 5.82. The largest absolute Gasteiger partial charge is 0.326 e. The predicted octanol–water partition coefficient (Wildman–Crippen LogP) is 5.53. The first-order valence-corrected chi connectivity index (χ1v) is 7.87.